The summed E-state index contributed by atoms with van der Waals surface area (Å²) in [6.07, 6.45) is 2.35. The highest BCUT2D eigenvalue weighted by molar-refractivity contribution is 8.14. The molecule has 1 aliphatic rings. The minimum Gasteiger partial charge on any atom is -0.361 e. The topological polar surface area (TPSA) is 24.4 Å². The number of thioether (sulfide) groups is 1. The van der Waals surface area contributed by atoms with Gasteiger partial charge in [-0.2, -0.15) is 0 Å². The van der Waals surface area contributed by atoms with E-state index < -0.39 is 0 Å². The molecule has 18 heavy (non-hydrogen) atoms. The fourth-order valence-electron chi connectivity index (χ4n) is 2.19. The number of rotatable bonds is 5. The molecule has 1 aliphatic heterocycles. The highest BCUT2D eigenvalue weighted by Crippen LogP contribution is 2.22. The molecule has 2 nitrogen and oxygen atoms in total. The molecule has 0 spiro atoms. The van der Waals surface area contributed by atoms with Crippen molar-refractivity contribution in [2.45, 2.75) is 46.2 Å². The van der Waals surface area contributed by atoms with Crippen LogP contribution in [0.4, 0.5) is 0 Å². The molecule has 0 bridgehead atoms. The van der Waals surface area contributed by atoms with Crippen LogP contribution in [0.3, 0.4) is 0 Å². The summed E-state index contributed by atoms with van der Waals surface area (Å²) in [7, 11) is 0. The molecule has 0 aliphatic carbocycles. The van der Waals surface area contributed by atoms with Crippen molar-refractivity contribution in [3.63, 3.8) is 0 Å². The van der Waals surface area contributed by atoms with Gasteiger partial charge in [-0.3, -0.25) is 4.99 Å². The van der Waals surface area contributed by atoms with Gasteiger partial charge in [0.25, 0.3) is 0 Å². The van der Waals surface area contributed by atoms with Gasteiger partial charge in [-0.1, -0.05) is 32.5 Å². The Hall–Kier alpha value is -0.480. The van der Waals surface area contributed by atoms with E-state index in [0.717, 1.165) is 24.1 Å². The fourth-order valence-corrected chi connectivity index (χ4v) is 4.07. The molecular formula is C14H22N2S2. The Morgan fingerprint density at radius 3 is 3.06 bits per heavy atom. The molecule has 4 heteroatoms. The first-order valence-electron chi connectivity index (χ1n) is 6.68. The van der Waals surface area contributed by atoms with Gasteiger partial charge in [-0.25, -0.2) is 0 Å². The highest BCUT2D eigenvalue weighted by Gasteiger charge is 2.20. The third-order valence-electron chi connectivity index (χ3n) is 3.09. The number of hydrogen-bond donors (Lipinski definition) is 1. The van der Waals surface area contributed by atoms with Gasteiger partial charge < -0.3 is 5.32 Å². The van der Waals surface area contributed by atoms with E-state index in [1.807, 2.05) is 23.1 Å². The molecule has 0 amide bonds. The summed E-state index contributed by atoms with van der Waals surface area (Å²) in [6.45, 7) is 7.60. The number of hydrogen-bond acceptors (Lipinski definition) is 3. The van der Waals surface area contributed by atoms with Gasteiger partial charge in [0, 0.05) is 16.7 Å². The Morgan fingerprint density at radius 2 is 2.33 bits per heavy atom. The smallest absolute Gasteiger partial charge is 0.157 e. The van der Waals surface area contributed by atoms with Crippen molar-refractivity contribution in [2.24, 2.45) is 10.9 Å². The monoisotopic (exact) mass is 282 g/mol. The Bertz CT molecular complexity index is 410. The maximum Gasteiger partial charge on any atom is 0.157 e. The minimum atomic E-state index is 0.614. The molecule has 2 heterocycles. The largest absolute Gasteiger partial charge is 0.361 e. The molecular weight excluding hydrogens is 260 g/mol. The van der Waals surface area contributed by atoms with Gasteiger partial charge in [0.2, 0.25) is 0 Å². The zero-order valence-electron chi connectivity index (χ0n) is 11.4. The van der Waals surface area contributed by atoms with E-state index in [1.165, 1.54) is 22.6 Å². The first-order valence-corrected chi connectivity index (χ1v) is 8.54. The fraction of sp³-hybridized carbons (Fsp3) is 0.643. The van der Waals surface area contributed by atoms with Crippen LogP contribution in [0, 0.1) is 5.92 Å². The zero-order valence-corrected chi connectivity index (χ0v) is 13.0. The molecule has 1 aromatic heterocycles. The molecule has 2 rings (SSSR count). The van der Waals surface area contributed by atoms with Crippen LogP contribution in [0.2, 0.25) is 0 Å². The van der Waals surface area contributed by atoms with Gasteiger partial charge in [-0.05, 0) is 35.8 Å². The SMILES string of the molecule is CCc1ccsc1CN=C1NC(CC(C)C)CS1. The average molecular weight is 282 g/mol. The number of nitrogens with one attached hydrogen (secondary N) is 1. The van der Waals surface area contributed by atoms with Crippen molar-refractivity contribution in [1.82, 2.24) is 5.32 Å². The number of thiophene rings is 1. The summed E-state index contributed by atoms with van der Waals surface area (Å²) in [6, 6.07) is 2.83. The summed E-state index contributed by atoms with van der Waals surface area (Å²) in [4.78, 5) is 6.13. The van der Waals surface area contributed by atoms with Crippen LogP contribution < -0.4 is 5.32 Å². The summed E-state index contributed by atoms with van der Waals surface area (Å²) in [5, 5.41) is 6.85. The molecule has 0 radical (unpaired) electrons. The van der Waals surface area contributed by atoms with Crippen LogP contribution in [-0.4, -0.2) is 17.0 Å². The van der Waals surface area contributed by atoms with Crippen molar-refractivity contribution in [1.29, 1.82) is 0 Å². The molecule has 0 saturated carbocycles. The molecule has 1 unspecified atom stereocenters. The normalized spacial score (nSPS) is 21.8. The van der Waals surface area contributed by atoms with Crippen LogP contribution in [0.15, 0.2) is 16.4 Å². The van der Waals surface area contributed by atoms with Gasteiger partial charge >= 0.3 is 0 Å². The maximum atomic E-state index is 4.71. The van der Waals surface area contributed by atoms with Gasteiger partial charge in [-0.15, -0.1) is 11.3 Å². The first-order chi connectivity index (χ1) is 8.69. The van der Waals surface area contributed by atoms with Gasteiger partial charge in [0.1, 0.15) is 0 Å². The lowest BCUT2D eigenvalue weighted by Crippen LogP contribution is -2.28. The lowest BCUT2D eigenvalue weighted by atomic mass is 10.1. The standard InChI is InChI=1S/C14H22N2S2/c1-4-11-5-6-17-13(11)8-15-14-16-12(9-18-14)7-10(2)3/h5-6,10,12H,4,7-9H2,1-3H3,(H,15,16). The predicted molar refractivity (Wildman–Crippen MR) is 83.7 cm³/mol. The second-order valence-corrected chi connectivity index (χ2v) is 7.14. The van der Waals surface area contributed by atoms with Crippen molar-refractivity contribution < 1.29 is 0 Å². The van der Waals surface area contributed by atoms with Crippen LogP contribution >= 0.6 is 23.1 Å². The van der Waals surface area contributed by atoms with Crippen LogP contribution in [0.5, 0.6) is 0 Å². The summed E-state index contributed by atoms with van der Waals surface area (Å²) < 4.78 is 0. The van der Waals surface area contributed by atoms with Crippen molar-refractivity contribution in [3.8, 4) is 0 Å². The third kappa shape index (κ3) is 3.75. The third-order valence-corrected chi connectivity index (χ3v) is 5.13. The molecule has 1 fully saturated rings. The number of aliphatic imine (C=N–C) groups is 1. The second-order valence-electron chi connectivity index (χ2n) is 5.13. The maximum absolute atomic E-state index is 4.71. The van der Waals surface area contributed by atoms with E-state index >= 15 is 0 Å². The number of aryl methyl sites for hydroxylation is 1. The molecule has 1 aromatic rings. The summed E-state index contributed by atoms with van der Waals surface area (Å²) >= 11 is 3.70. The Kier molecular flexibility index (Phi) is 5.13. The van der Waals surface area contributed by atoms with Crippen molar-refractivity contribution >= 4 is 28.3 Å². The molecule has 0 aromatic carbocycles. The Morgan fingerprint density at radius 1 is 1.50 bits per heavy atom. The van der Waals surface area contributed by atoms with E-state index in [4.69, 9.17) is 4.99 Å². The van der Waals surface area contributed by atoms with E-state index in [2.05, 4.69) is 37.5 Å². The minimum absolute atomic E-state index is 0.614. The van der Waals surface area contributed by atoms with E-state index in [0.29, 0.717) is 6.04 Å². The Balaban J connectivity index is 1.88. The predicted octanol–water partition coefficient (Wildman–Crippen LogP) is 3.92. The number of nitrogens with zero attached hydrogens (tertiary/aromatic N) is 1. The van der Waals surface area contributed by atoms with Crippen LogP contribution in [0.25, 0.3) is 0 Å². The lowest BCUT2D eigenvalue weighted by Gasteiger charge is -2.11. The molecule has 100 valence electrons. The molecule has 1 saturated heterocycles. The van der Waals surface area contributed by atoms with Crippen molar-refractivity contribution in [3.05, 3.63) is 21.9 Å². The second kappa shape index (κ2) is 6.62. The molecule has 1 N–H and O–H groups in total. The van der Waals surface area contributed by atoms with E-state index in [9.17, 15) is 0 Å². The van der Waals surface area contributed by atoms with Gasteiger partial charge in [0.05, 0.1) is 6.54 Å². The summed E-state index contributed by atoms with van der Waals surface area (Å²) in [5.41, 5.74) is 1.45. The highest BCUT2D eigenvalue weighted by atomic mass is 32.2. The summed E-state index contributed by atoms with van der Waals surface area (Å²) in [5.74, 6) is 1.92. The average Bonchev–Trinajstić information content (AvgIpc) is 2.93. The molecule has 1 atom stereocenters. The van der Waals surface area contributed by atoms with E-state index in [-0.39, 0.29) is 0 Å². The van der Waals surface area contributed by atoms with Crippen LogP contribution in [-0.2, 0) is 13.0 Å². The zero-order chi connectivity index (χ0) is 13.0. The van der Waals surface area contributed by atoms with Crippen molar-refractivity contribution in [2.75, 3.05) is 5.75 Å². The quantitative estimate of drug-likeness (QED) is 0.885. The number of amidine groups is 1. The Labute approximate surface area is 118 Å². The first kappa shape index (κ1) is 13.9. The van der Waals surface area contributed by atoms with E-state index in [1.54, 1.807) is 0 Å². The van der Waals surface area contributed by atoms with Gasteiger partial charge in [0.15, 0.2) is 5.17 Å². The lowest BCUT2D eigenvalue weighted by molar-refractivity contribution is 0.502. The van der Waals surface area contributed by atoms with Crippen LogP contribution in [0.1, 0.15) is 37.6 Å².